The molecule has 1 aliphatic rings. The highest BCUT2D eigenvalue weighted by atomic mass is 79.9. The van der Waals surface area contributed by atoms with E-state index in [1.165, 1.54) is 31.2 Å². The summed E-state index contributed by atoms with van der Waals surface area (Å²) in [6, 6.07) is 6.82. The predicted octanol–water partition coefficient (Wildman–Crippen LogP) is 4.24. The third kappa shape index (κ3) is 3.69. The molecule has 0 saturated heterocycles. The molecule has 0 atom stereocenters. The third-order valence-corrected chi connectivity index (χ3v) is 4.10. The van der Waals surface area contributed by atoms with Gasteiger partial charge in [-0.25, -0.2) is 0 Å². The summed E-state index contributed by atoms with van der Waals surface area (Å²) in [6.07, 6.45) is 6.11. The first-order valence-corrected chi connectivity index (χ1v) is 7.75. The van der Waals surface area contributed by atoms with Gasteiger partial charge in [-0.2, -0.15) is 0 Å². The van der Waals surface area contributed by atoms with Crippen LogP contribution in [-0.4, -0.2) is 11.2 Å². The molecule has 2 N–H and O–H groups in total. The van der Waals surface area contributed by atoms with Gasteiger partial charge in [0, 0.05) is 16.2 Å². The van der Waals surface area contributed by atoms with Crippen molar-refractivity contribution in [1.29, 1.82) is 0 Å². The van der Waals surface area contributed by atoms with Crippen LogP contribution in [0.5, 0.6) is 0 Å². The second-order valence-corrected chi connectivity index (χ2v) is 6.06. The van der Waals surface area contributed by atoms with Gasteiger partial charge in [0.2, 0.25) is 0 Å². The first-order chi connectivity index (χ1) is 8.69. The van der Waals surface area contributed by atoms with E-state index >= 15 is 0 Å². The van der Waals surface area contributed by atoms with Gasteiger partial charge in [-0.15, -0.1) is 0 Å². The lowest BCUT2D eigenvalue weighted by Crippen LogP contribution is -2.36. The van der Waals surface area contributed by atoms with Crippen molar-refractivity contribution in [1.82, 2.24) is 5.32 Å². The number of hydrogen-bond donors (Lipinski definition) is 2. The summed E-state index contributed by atoms with van der Waals surface area (Å²) in [6.45, 7) is 2.15. The number of hydrogen-bond acceptors (Lipinski definition) is 1. The molecular formula is C14H19BrN2S. The largest absolute Gasteiger partial charge is 0.360 e. The Morgan fingerprint density at radius 2 is 2.11 bits per heavy atom. The van der Waals surface area contributed by atoms with Gasteiger partial charge in [-0.1, -0.05) is 35.7 Å². The molecule has 0 bridgehead atoms. The summed E-state index contributed by atoms with van der Waals surface area (Å²) < 4.78 is 1.11. The van der Waals surface area contributed by atoms with Gasteiger partial charge < -0.3 is 10.6 Å². The molecule has 0 aromatic heterocycles. The van der Waals surface area contributed by atoms with Gasteiger partial charge in [0.05, 0.1) is 0 Å². The molecule has 0 heterocycles. The number of aryl methyl sites for hydroxylation is 1. The first kappa shape index (κ1) is 13.8. The van der Waals surface area contributed by atoms with Crippen LogP contribution in [0.1, 0.15) is 38.2 Å². The Labute approximate surface area is 123 Å². The van der Waals surface area contributed by atoms with Crippen molar-refractivity contribution in [2.24, 2.45) is 0 Å². The second-order valence-electron chi connectivity index (χ2n) is 4.73. The molecule has 1 saturated carbocycles. The third-order valence-electron chi connectivity index (χ3n) is 3.39. The molecule has 1 aliphatic carbocycles. The van der Waals surface area contributed by atoms with E-state index < -0.39 is 0 Å². The van der Waals surface area contributed by atoms with E-state index in [-0.39, 0.29) is 0 Å². The zero-order valence-corrected chi connectivity index (χ0v) is 13.0. The van der Waals surface area contributed by atoms with E-state index in [1.54, 1.807) is 0 Å². The summed E-state index contributed by atoms with van der Waals surface area (Å²) in [5.74, 6) is 0. The summed E-state index contributed by atoms with van der Waals surface area (Å²) in [5.41, 5.74) is 2.39. The summed E-state index contributed by atoms with van der Waals surface area (Å²) in [5, 5.41) is 7.47. The number of nitrogens with one attached hydrogen (secondary N) is 2. The highest BCUT2D eigenvalue weighted by Gasteiger charge is 2.15. The van der Waals surface area contributed by atoms with Crippen LogP contribution in [0.2, 0.25) is 0 Å². The zero-order chi connectivity index (χ0) is 13.0. The fourth-order valence-electron chi connectivity index (χ4n) is 2.39. The second kappa shape index (κ2) is 6.53. The van der Waals surface area contributed by atoms with E-state index in [9.17, 15) is 0 Å². The zero-order valence-electron chi connectivity index (χ0n) is 10.6. The minimum atomic E-state index is 0.561. The van der Waals surface area contributed by atoms with Crippen molar-refractivity contribution in [3.8, 4) is 0 Å². The molecular weight excluding hydrogens is 308 g/mol. The average Bonchev–Trinajstić information content (AvgIpc) is 2.84. The molecule has 1 fully saturated rings. The van der Waals surface area contributed by atoms with E-state index in [0.29, 0.717) is 6.04 Å². The molecule has 98 valence electrons. The average molecular weight is 327 g/mol. The lowest BCUT2D eigenvalue weighted by molar-refractivity contribution is 0.634. The number of halogens is 1. The van der Waals surface area contributed by atoms with Crippen LogP contribution in [0.15, 0.2) is 22.7 Å². The summed E-state index contributed by atoms with van der Waals surface area (Å²) in [4.78, 5) is 0. The molecule has 18 heavy (non-hydrogen) atoms. The van der Waals surface area contributed by atoms with Crippen LogP contribution in [0.25, 0.3) is 0 Å². The standard InChI is InChI=1S/C14H19BrN2S/c1-2-10-9-11(15)7-8-13(10)17-14(18)16-12-5-3-4-6-12/h7-9,12H,2-6H2,1H3,(H2,16,17,18). The summed E-state index contributed by atoms with van der Waals surface area (Å²) >= 11 is 8.88. The molecule has 0 spiro atoms. The van der Waals surface area contributed by atoms with E-state index in [1.807, 2.05) is 6.07 Å². The molecule has 0 unspecified atom stereocenters. The summed E-state index contributed by atoms with van der Waals surface area (Å²) in [7, 11) is 0. The molecule has 0 aliphatic heterocycles. The topological polar surface area (TPSA) is 24.1 Å². The highest BCUT2D eigenvalue weighted by molar-refractivity contribution is 9.10. The smallest absolute Gasteiger partial charge is 0.171 e. The van der Waals surface area contributed by atoms with Crippen LogP contribution in [-0.2, 0) is 6.42 Å². The fourth-order valence-corrected chi connectivity index (χ4v) is 3.08. The van der Waals surface area contributed by atoms with Crippen molar-refractivity contribution in [3.63, 3.8) is 0 Å². The Bertz CT molecular complexity index is 428. The van der Waals surface area contributed by atoms with Crippen LogP contribution in [0.3, 0.4) is 0 Å². The van der Waals surface area contributed by atoms with E-state index in [0.717, 1.165) is 21.7 Å². The molecule has 0 amide bonds. The number of rotatable bonds is 3. The maximum absolute atomic E-state index is 5.38. The van der Waals surface area contributed by atoms with Crippen molar-refractivity contribution >= 4 is 38.9 Å². The monoisotopic (exact) mass is 326 g/mol. The normalized spacial score (nSPS) is 15.7. The van der Waals surface area contributed by atoms with Crippen LogP contribution in [0, 0.1) is 0 Å². The Morgan fingerprint density at radius 3 is 2.78 bits per heavy atom. The van der Waals surface area contributed by atoms with Crippen molar-refractivity contribution in [2.75, 3.05) is 5.32 Å². The van der Waals surface area contributed by atoms with Crippen LogP contribution < -0.4 is 10.6 Å². The predicted molar refractivity (Wildman–Crippen MR) is 85.1 cm³/mol. The quantitative estimate of drug-likeness (QED) is 0.812. The first-order valence-electron chi connectivity index (χ1n) is 6.55. The van der Waals surface area contributed by atoms with Gasteiger partial charge in [0.1, 0.15) is 0 Å². The Hall–Kier alpha value is -0.610. The number of benzene rings is 1. The Kier molecular flexibility index (Phi) is 5.01. The Morgan fingerprint density at radius 1 is 1.39 bits per heavy atom. The molecule has 2 rings (SSSR count). The lowest BCUT2D eigenvalue weighted by atomic mass is 10.1. The maximum Gasteiger partial charge on any atom is 0.171 e. The number of anilines is 1. The highest BCUT2D eigenvalue weighted by Crippen LogP contribution is 2.22. The lowest BCUT2D eigenvalue weighted by Gasteiger charge is -2.17. The van der Waals surface area contributed by atoms with Crippen molar-refractivity contribution in [2.45, 2.75) is 45.1 Å². The minimum absolute atomic E-state index is 0.561. The van der Waals surface area contributed by atoms with E-state index in [2.05, 4.69) is 45.6 Å². The van der Waals surface area contributed by atoms with Gasteiger partial charge in [-0.3, -0.25) is 0 Å². The van der Waals surface area contributed by atoms with Gasteiger partial charge in [-0.05, 0) is 55.2 Å². The van der Waals surface area contributed by atoms with E-state index in [4.69, 9.17) is 12.2 Å². The maximum atomic E-state index is 5.38. The molecule has 1 aromatic carbocycles. The molecule has 0 radical (unpaired) electrons. The fraction of sp³-hybridized carbons (Fsp3) is 0.500. The SMILES string of the molecule is CCc1cc(Br)ccc1NC(=S)NC1CCCC1. The van der Waals surface area contributed by atoms with Gasteiger partial charge >= 0.3 is 0 Å². The Balaban J connectivity index is 1.97. The van der Waals surface area contributed by atoms with Gasteiger partial charge in [0.15, 0.2) is 5.11 Å². The molecule has 1 aromatic rings. The van der Waals surface area contributed by atoms with Crippen LogP contribution in [0.4, 0.5) is 5.69 Å². The molecule has 2 nitrogen and oxygen atoms in total. The minimum Gasteiger partial charge on any atom is -0.360 e. The molecule has 4 heteroatoms. The van der Waals surface area contributed by atoms with Crippen LogP contribution >= 0.6 is 28.1 Å². The van der Waals surface area contributed by atoms with Crippen molar-refractivity contribution in [3.05, 3.63) is 28.2 Å². The van der Waals surface area contributed by atoms with Crippen molar-refractivity contribution < 1.29 is 0 Å². The number of thiocarbonyl (C=S) groups is 1. The van der Waals surface area contributed by atoms with Gasteiger partial charge in [0.25, 0.3) is 0 Å².